The van der Waals surface area contributed by atoms with Gasteiger partial charge in [0.05, 0.1) is 31.3 Å². The maximum absolute atomic E-state index is 6.00. The zero-order chi connectivity index (χ0) is 21.8. The average molecular weight is 431 g/mol. The summed E-state index contributed by atoms with van der Waals surface area (Å²) < 4.78 is 13.4. The quantitative estimate of drug-likeness (QED) is 0.285. The van der Waals surface area contributed by atoms with E-state index in [9.17, 15) is 0 Å². The normalized spacial score (nSPS) is 13.9. The Morgan fingerprint density at radius 2 is 1.94 bits per heavy atom. The topological polar surface area (TPSA) is 55.8 Å². The maximum atomic E-state index is 6.00. The van der Waals surface area contributed by atoms with Crippen molar-refractivity contribution in [3.63, 3.8) is 0 Å². The third-order valence-electron chi connectivity index (χ3n) is 6.15. The Morgan fingerprint density at radius 1 is 1.06 bits per heavy atom. The molecule has 4 aromatic rings. The predicted molar refractivity (Wildman–Crippen MR) is 125 cm³/mol. The number of fused-ring (bicyclic) bond motifs is 2. The number of rotatable bonds is 8. The Balaban J connectivity index is 1.25. The van der Waals surface area contributed by atoms with Crippen LogP contribution in [0.1, 0.15) is 42.7 Å². The highest BCUT2D eigenvalue weighted by molar-refractivity contribution is 5.68. The molecule has 0 spiro atoms. The fourth-order valence-corrected chi connectivity index (χ4v) is 4.54. The van der Waals surface area contributed by atoms with Gasteiger partial charge in [0.1, 0.15) is 11.5 Å². The summed E-state index contributed by atoms with van der Waals surface area (Å²) >= 11 is 0. The van der Waals surface area contributed by atoms with Gasteiger partial charge in [0, 0.05) is 29.4 Å². The first-order valence-electron chi connectivity index (χ1n) is 11.6. The molecule has 0 N–H and O–H groups in total. The Bertz CT molecular complexity index is 1150. The van der Waals surface area contributed by atoms with E-state index in [1.807, 2.05) is 28.9 Å². The van der Waals surface area contributed by atoms with Crippen LogP contribution in [0.25, 0.3) is 16.9 Å². The van der Waals surface area contributed by atoms with Crippen LogP contribution in [-0.4, -0.2) is 39.7 Å². The van der Waals surface area contributed by atoms with Crippen LogP contribution in [0.2, 0.25) is 0 Å². The number of ether oxygens (including phenoxy) is 1. The second kappa shape index (κ2) is 9.57. The minimum Gasteiger partial charge on any atom is -0.494 e. The number of furan rings is 1. The molecule has 1 aliphatic rings. The van der Waals surface area contributed by atoms with Crippen molar-refractivity contribution < 1.29 is 9.15 Å². The summed E-state index contributed by atoms with van der Waals surface area (Å²) in [5.74, 6) is 1.89. The van der Waals surface area contributed by atoms with E-state index < -0.39 is 0 Å². The summed E-state index contributed by atoms with van der Waals surface area (Å²) in [4.78, 5) is 7.14. The molecular formula is C26H30N4O2. The predicted octanol–water partition coefficient (Wildman–Crippen LogP) is 5.16. The van der Waals surface area contributed by atoms with Gasteiger partial charge < -0.3 is 9.15 Å². The summed E-state index contributed by atoms with van der Waals surface area (Å²) in [5.41, 5.74) is 5.88. The Hall–Kier alpha value is -3.12. The molecule has 0 fully saturated rings. The number of hydrogen-bond donors (Lipinski definition) is 0. The number of nitrogens with zero attached hydrogens (tertiary/aromatic N) is 4. The van der Waals surface area contributed by atoms with Crippen molar-refractivity contribution in [2.75, 3.05) is 20.2 Å². The average Bonchev–Trinajstić information content (AvgIpc) is 3.43. The van der Waals surface area contributed by atoms with Crippen LogP contribution in [0.4, 0.5) is 0 Å². The van der Waals surface area contributed by atoms with Crippen molar-refractivity contribution in [1.82, 2.24) is 19.5 Å². The molecule has 0 unspecified atom stereocenters. The molecule has 0 bridgehead atoms. The molecular weight excluding hydrogens is 400 g/mol. The van der Waals surface area contributed by atoms with Gasteiger partial charge in [-0.25, -0.2) is 9.50 Å². The van der Waals surface area contributed by atoms with Crippen molar-refractivity contribution in [2.45, 2.75) is 45.1 Å². The first kappa shape index (κ1) is 20.8. The molecule has 3 aromatic heterocycles. The summed E-state index contributed by atoms with van der Waals surface area (Å²) in [7, 11) is 2.10. The van der Waals surface area contributed by atoms with Gasteiger partial charge in [-0.1, -0.05) is 6.42 Å². The van der Waals surface area contributed by atoms with E-state index in [2.05, 4.69) is 41.3 Å². The van der Waals surface area contributed by atoms with E-state index >= 15 is 0 Å². The van der Waals surface area contributed by atoms with Gasteiger partial charge >= 0.3 is 0 Å². The molecule has 1 aromatic carbocycles. The molecule has 3 heterocycles. The van der Waals surface area contributed by atoms with Gasteiger partial charge in [-0.15, -0.1) is 0 Å². The van der Waals surface area contributed by atoms with Crippen LogP contribution >= 0.6 is 0 Å². The van der Waals surface area contributed by atoms with Crippen LogP contribution in [0.15, 0.2) is 59.3 Å². The van der Waals surface area contributed by atoms with Crippen molar-refractivity contribution in [1.29, 1.82) is 0 Å². The summed E-state index contributed by atoms with van der Waals surface area (Å²) in [6.07, 6.45) is 10.3. The van der Waals surface area contributed by atoms with Gasteiger partial charge in [0.2, 0.25) is 0 Å². The van der Waals surface area contributed by atoms with Crippen molar-refractivity contribution in [3.8, 4) is 17.0 Å². The van der Waals surface area contributed by atoms with Crippen LogP contribution < -0.4 is 4.74 Å². The van der Waals surface area contributed by atoms with E-state index in [-0.39, 0.29) is 0 Å². The van der Waals surface area contributed by atoms with Gasteiger partial charge in [-0.05, 0) is 75.5 Å². The zero-order valence-electron chi connectivity index (χ0n) is 18.7. The number of aromatic nitrogens is 3. The van der Waals surface area contributed by atoms with Crippen LogP contribution in [0.3, 0.4) is 0 Å². The minimum atomic E-state index is 0.690. The molecule has 6 nitrogen and oxygen atoms in total. The molecule has 166 valence electrons. The summed E-state index contributed by atoms with van der Waals surface area (Å²) in [6.45, 7) is 2.47. The lowest BCUT2D eigenvalue weighted by Gasteiger charge is -2.16. The third-order valence-corrected chi connectivity index (χ3v) is 6.15. The monoisotopic (exact) mass is 430 g/mol. The van der Waals surface area contributed by atoms with Crippen molar-refractivity contribution >= 4 is 5.65 Å². The number of hydrogen-bond acceptors (Lipinski definition) is 5. The third kappa shape index (κ3) is 4.55. The van der Waals surface area contributed by atoms with Crippen molar-refractivity contribution in [2.24, 2.45) is 0 Å². The van der Waals surface area contributed by atoms with Crippen LogP contribution in [0, 0.1) is 0 Å². The molecule has 0 radical (unpaired) electrons. The van der Waals surface area contributed by atoms with Gasteiger partial charge in [-0.2, -0.15) is 5.10 Å². The Labute approximate surface area is 188 Å². The lowest BCUT2D eigenvalue weighted by Crippen LogP contribution is -2.20. The lowest BCUT2D eigenvalue weighted by molar-refractivity contribution is 0.247. The van der Waals surface area contributed by atoms with Gasteiger partial charge in [0.25, 0.3) is 0 Å². The van der Waals surface area contributed by atoms with E-state index in [1.54, 1.807) is 6.26 Å². The first-order chi connectivity index (χ1) is 15.8. The summed E-state index contributed by atoms with van der Waals surface area (Å²) in [6, 6.07) is 14.4. The van der Waals surface area contributed by atoms with Crippen LogP contribution in [0.5, 0.6) is 5.75 Å². The van der Waals surface area contributed by atoms with E-state index in [1.165, 1.54) is 41.8 Å². The molecule has 0 aliphatic heterocycles. The molecule has 5 rings (SSSR count). The van der Waals surface area contributed by atoms with E-state index in [0.29, 0.717) is 6.61 Å². The maximum Gasteiger partial charge on any atom is 0.155 e. The minimum absolute atomic E-state index is 0.690. The molecule has 6 heteroatoms. The fraction of sp³-hybridized carbons (Fsp3) is 0.385. The van der Waals surface area contributed by atoms with Crippen molar-refractivity contribution in [3.05, 3.63) is 71.9 Å². The van der Waals surface area contributed by atoms with E-state index in [4.69, 9.17) is 14.1 Å². The lowest BCUT2D eigenvalue weighted by atomic mass is 10.0. The zero-order valence-corrected chi connectivity index (χ0v) is 18.7. The van der Waals surface area contributed by atoms with Gasteiger partial charge in [-0.3, -0.25) is 4.90 Å². The van der Waals surface area contributed by atoms with Gasteiger partial charge in [0.15, 0.2) is 5.65 Å². The second-order valence-corrected chi connectivity index (χ2v) is 8.59. The molecule has 0 saturated heterocycles. The highest BCUT2D eigenvalue weighted by Crippen LogP contribution is 2.31. The summed E-state index contributed by atoms with van der Waals surface area (Å²) in [5, 5.41) is 4.57. The largest absolute Gasteiger partial charge is 0.494 e. The first-order valence-corrected chi connectivity index (χ1v) is 11.6. The molecule has 0 atom stereocenters. The second-order valence-electron chi connectivity index (χ2n) is 8.59. The molecule has 0 amide bonds. The molecule has 32 heavy (non-hydrogen) atoms. The Morgan fingerprint density at radius 3 is 2.78 bits per heavy atom. The molecule has 0 saturated carbocycles. The SMILES string of the molecule is CN(CCCOc1ccc(-c2c3c(nc4ccnn24)CCCCC3)cc1)Cc1ccco1. The standard InChI is InChI=1S/C26H30N4O2/c1-29(19-22-7-5-17-32-22)16-6-18-31-21-12-10-20(11-13-21)26-23-8-3-2-4-9-24(23)28-25-14-15-27-30(25)26/h5,7,10-15,17H,2-4,6,8-9,16,18-19H2,1H3. The van der Waals surface area contributed by atoms with Crippen LogP contribution in [-0.2, 0) is 19.4 Å². The fourth-order valence-electron chi connectivity index (χ4n) is 4.54. The smallest absolute Gasteiger partial charge is 0.155 e. The Kier molecular flexibility index (Phi) is 6.21. The van der Waals surface area contributed by atoms with E-state index in [0.717, 1.165) is 49.5 Å². The highest BCUT2D eigenvalue weighted by atomic mass is 16.5. The molecule has 1 aliphatic carbocycles. The number of benzene rings is 1. The number of aryl methyl sites for hydroxylation is 1. The highest BCUT2D eigenvalue weighted by Gasteiger charge is 2.19.